The quantitative estimate of drug-likeness (QED) is 0.373. The van der Waals surface area contributed by atoms with E-state index in [0.717, 1.165) is 6.42 Å². The van der Waals surface area contributed by atoms with Gasteiger partial charge in [0, 0.05) is 0 Å². The van der Waals surface area contributed by atoms with Crippen LogP contribution in [0.5, 0.6) is 0 Å². The van der Waals surface area contributed by atoms with Gasteiger partial charge in [0.15, 0.2) is 0 Å². The molecule has 12 heavy (non-hydrogen) atoms. The smallest absolute Gasteiger partial charge is 1.00 e. The Morgan fingerprint density at radius 2 is 2.17 bits per heavy atom. The standard InChI is InChI=1S/C8H11S.2ClH.Ti/c1-9-7-6-8-4-2-3-5-8;;;/h2,4H,3,6-7H2,1H3;2*1H;/q-1;;;+3/p-2. The van der Waals surface area contributed by atoms with E-state index in [2.05, 4.69) is 24.5 Å². The van der Waals surface area contributed by atoms with Crippen LogP contribution in [0.4, 0.5) is 0 Å². The molecule has 0 saturated heterocycles. The zero-order chi connectivity index (χ0) is 6.53. The molecule has 0 atom stereocenters. The van der Waals surface area contributed by atoms with Crippen LogP contribution in [-0.2, 0) is 21.7 Å². The minimum atomic E-state index is 0. The Hall–Kier alpha value is 1.12. The van der Waals surface area contributed by atoms with E-state index in [-0.39, 0.29) is 46.5 Å². The van der Waals surface area contributed by atoms with Gasteiger partial charge in [0.25, 0.3) is 0 Å². The molecule has 0 heterocycles. The third-order valence-electron chi connectivity index (χ3n) is 1.34. The van der Waals surface area contributed by atoms with Crippen molar-refractivity contribution in [2.45, 2.75) is 12.8 Å². The van der Waals surface area contributed by atoms with Gasteiger partial charge in [-0.2, -0.15) is 17.8 Å². The van der Waals surface area contributed by atoms with Crippen LogP contribution in [-0.4, -0.2) is 12.0 Å². The summed E-state index contributed by atoms with van der Waals surface area (Å²) in [5, 5.41) is 0. The molecule has 0 saturated carbocycles. The predicted molar refractivity (Wildman–Crippen MR) is 43.5 cm³/mol. The Morgan fingerprint density at radius 1 is 1.50 bits per heavy atom. The molecule has 0 fully saturated rings. The van der Waals surface area contributed by atoms with E-state index in [0.29, 0.717) is 0 Å². The van der Waals surface area contributed by atoms with Gasteiger partial charge < -0.3 is 24.8 Å². The zero-order valence-corrected chi connectivity index (χ0v) is 10.8. The molecule has 1 rings (SSSR count). The predicted octanol–water partition coefficient (Wildman–Crippen LogP) is -3.57. The van der Waals surface area contributed by atoms with Gasteiger partial charge in [0.05, 0.1) is 0 Å². The van der Waals surface area contributed by atoms with Gasteiger partial charge in [-0.05, 0) is 12.0 Å². The Kier molecular flexibility index (Phi) is 19.0. The fraction of sp³-hybridized carbons (Fsp3) is 0.500. The third-order valence-corrected chi connectivity index (χ3v) is 1.95. The Bertz CT molecular complexity index is 146. The molecule has 4 heteroatoms. The van der Waals surface area contributed by atoms with Crippen LogP contribution in [0.2, 0.25) is 0 Å². The van der Waals surface area contributed by atoms with Crippen LogP contribution < -0.4 is 24.8 Å². The second kappa shape index (κ2) is 12.1. The zero-order valence-electron chi connectivity index (χ0n) is 6.94. The number of halogens is 2. The molecular formula is C8H11Cl2STi. The van der Waals surface area contributed by atoms with Crippen molar-refractivity contribution in [1.29, 1.82) is 0 Å². The SMILES string of the molecule is CSCCC1=[C-]CC=C1.[Cl-].[Cl-].[Ti+3]. The van der Waals surface area contributed by atoms with E-state index in [1.54, 1.807) is 0 Å². The summed E-state index contributed by atoms with van der Waals surface area (Å²) >= 11 is 1.89. The molecule has 0 unspecified atom stereocenters. The first-order valence-corrected chi connectivity index (χ1v) is 4.58. The maximum absolute atomic E-state index is 3.28. The van der Waals surface area contributed by atoms with Crippen molar-refractivity contribution in [3.8, 4) is 0 Å². The molecule has 1 aliphatic rings. The summed E-state index contributed by atoms with van der Waals surface area (Å²) < 4.78 is 0. The number of hydrogen-bond acceptors (Lipinski definition) is 1. The third kappa shape index (κ3) is 7.76. The van der Waals surface area contributed by atoms with Crippen LogP contribution in [0, 0.1) is 6.08 Å². The fourth-order valence-corrected chi connectivity index (χ4v) is 1.26. The van der Waals surface area contributed by atoms with Crippen molar-refractivity contribution in [2.75, 3.05) is 12.0 Å². The van der Waals surface area contributed by atoms with Gasteiger partial charge in [-0.3, -0.25) is 6.08 Å². The first-order valence-electron chi connectivity index (χ1n) is 3.18. The van der Waals surface area contributed by atoms with Crippen molar-refractivity contribution >= 4 is 11.8 Å². The van der Waals surface area contributed by atoms with Gasteiger partial charge in [-0.1, -0.05) is 6.42 Å². The topological polar surface area (TPSA) is 0 Å². The van der Waals surface area contributed by atoms with Crippen LogP contribution in [0.3, 0.4) is 0 Å². The minimum absolute atomic E-state index is 0. The molecule has 1 aliphatic carbocycles. The largest absolute Gasteiger partial charge is 3.00 e. The van der Waals surface area contributed by atoms with Crippen LogP contribution in [0.15, 0.2) is 17.7 Å². The minimum Gasteiger partial charge on any atom is -1.00 e. The van der Waals surface area contributed by atoms with Crippen molar-refractivity contribution in [2.24, 2.45) is 0 Å². The molecule has 0 bridgehead atoms. The normalized spacial score (nSPS) is 12.2. The van der Waals surface area contributed by atoms with Gasteiger partial charge in [-0.15, -0.1) is 6.42 Å². The second-order valence-electron chi connectivity index (χ2n) is 2.05. The van der Waals surface area contributed by atoms with Crippen molar-refractivity contribution in [1.82, 2.24) is 0 Å². The Morgan fingerprint density at radius 3 is 2.58 bits per heavy atom. The molecular weight excluding hydrogens is 247 g/mol. The van der Waals surface area contributed by atoms with Crippen LogP contribution >= 0.6 is 11.8 Å². The summed E-state index contributed by atoms with van der Waals surface area (Å²) in [5.74, 6) is 1.23. The number of hydrogen-bond donors (Lipinski definition) is 0. The van der Waals surface area contributed by atoms with E-state index in [9.17, 15) is 0 Å². The molecule has 0 N–H and O–H groups in total. The molecule has 0 aromatic carbocycles. The number of thioether (sulfide) groups is 1. The van der Waals surface area contributed by atoms with Gasteiger partial charge in [0.1, 0.15) is 0 Å². The first kappa shape index (κ1) is 18.8. The summed E-state index contributed by atoms with van der Waals surface area (Å²) in [4.78, 5) is 0. The maximum Gasteiger partial charge on any atom is 3.00 e. The van der Waals surface area contributed by atoms with Crippen molar-refractivity contribution < 1.29 is 46.5 Å². The second-order valence-corrected chi connectivity index (χ2v) is 3.04. The Balaban J connectivity index is -0.000000270. The number of rotatable bonds is 3. The summed E-state index contributed by atoms with van der Waals surface area (Å²) in [7, 11) is 0. The fourth-order valence-electron chi connectivity index (χ4n) is 0.834. The van der Waals surface area contributed by atoms with E-state index >= 15 is 0 Å². The summed E-state index contributed by atoms with van der Waals surface area (Å²) in [6.45, 7) is 0. The summed E-state index contributed by atoms with van der Waals surface area (Å²) in [5.41, 5.74) is 1.39. The molecule has 0 aromatic heterocycles. The molecule has 1 radical (unpaired) electrons. The van der Waals surface area contributed by atoms with E-state index in [1.807, 2.05) is 11.8 Å². The van der Waals surface area contributed by atoms with E-state index < -0.39 is 0 Å². The molecule has 67 valence electrons. The molecule has 0 amide bonds. The van der Waals surface area contributed by atoms with E-state index in [4.69, 9.17) is 0 Å². The van der Waals surface area contributed by atoms with Gasteiger partial charge >= 0.3 is 21.7 Å². The van der Waals surface area contributed by atoms with Crippen LogP contribution in [0.1, 0.15) is 12.8 Å². The van der Waals surface area contributed by atoms with Gasteiger partial charge in [0.2, 0.25) is 0 Å². The molecule has 0 aromatic rings. The number of allylic oxidation sites excluding steroid dienone is 4. The van der Waals surface area contributed by atoms with Crippen molar-refractivity contribution in [3.63, 3.8) is 0 Å². The Labute approximate surface area is 106 Å². The average molecular weight is 258 g/mol. The molecule has 0 nitrogen and oxygen atoms in total. The summed E-state index contributed by atoms with van der Waals surface area (Å²) in [6.07, 6.45) is 12.0. The molecule has 0 spiro atoms. The van der Waals surface area contributed by atoms with Crippen molar-refractivity contribution in [3.05, 3.63) is 23.8 Å². The van der Waals surface area contributed by atoms with E-state index in [1.165, 1.54) is 17.7 Å². The summed E-state index contributed by atoms with van der Waals surface area (Å²) in [6, 6.07) is 0. The maximum atomic E-state index is 3.28. The molecule has 0 aliphatic heterocycles. The van der Waals surface area contributed by atoms with Gasteiger partial charge in [-0.25, -0.2) is 11.6 Å². The van der Waals surface area contributed by atoms with Crippen LogP contribution in [0.25, 0.3) is 0 Å². The average Bonchev–Trinajstić information content (AvgIpc) is 2.34. The first-order chi connectivity index (χ1) is 4.43. The monoisotopic (exact) mass is 257 g/mol.